The molecule has 3 N–H and O–H groups in total. The second kappa shape index (κ2) is 5.75. The molecule has 1 heterocycles. The molecule has 1 aromatic carbocycles. The van der Waals surface area contributed by atoms with Gasteiger partial charge in [0.1, 0.15) is 11.4 Å². The molecule has 2 rings (SSSR count). The molecule has 102 valence electrons. The van der Waals surface area contributed by atoms with Crippen LogP contribution in [0.25, 0.3) is 10.9 Å². The molecule has 1 amide bonds. The second-order valence-electron chi connectivity index (χ2n) is 4.42. The van der Waals surface area contributed by atoms with Gasteiger partial charge >= 0.3 is 0 Å². The molecule has 0 bridgehead atoms. The van der Waals surface area contributed by atoms with Gasteiger partial charge in [0.2, 0.25) is 0 Å². The van der Waals surface area contributed by atoms with Crippen LogP contribution in [0.3, 0.4) is 0 Å². The molecule has 0 aliphatic rings. The number of aliphatic hydroxyl groups is 1. The number of benzene rings is 1. The summed E-state index contributed by atoms with van der Waals surface area (Å²) in [6.07, 6.45) is -0.558. The van der Waals surface area contributed by atoms with Gasteiger partial charge in [-0.2, -0.15) is 0 Å². The molecule has 1 atom stereocenters. The zero-order valence-electron chi connectivity index (χ0n) is 11.1. The number of nitrogens with one attached hydrogen (secondary N) is 2. The number of carbonyl (C=O) groups is 1. The van der Waals surface area contributed by atoms with Crippen LogP contribution in [0, 0.1) is 0 Å². The Kier molecular flexibility index (Phi) is 4.06. The van der Waals surface area contributed by atoms with E-state index in [2.05, 4.69) is 10.3 Å². The molecule has 0 saturated heterocycles. The minimum Gasteiger partial charge on any atom is -0.494 e. The number of aromatic amines is 1. The molecule has 0 radical (unpaired) electrons. The molecule has 0 spiro atoms. The van der Waals surface area contributed by atoms with Crippen molar-refractivity contribution in [3.05, 3.63) is 30.0 Å². The summed E-state index contributed by atoms with van der Waals surface area (Å²) < 4.78 is 5.41. The van der Waals surface area contributed by atoms with Crippen LogP contribution in [-0.2, 0) is 0 Å². The van der Waals surface area contributed by atoms with E-state index in [4.69, 9.17) is 9.84 Å². The van der Waals surface area contributed by atoms with E-state index in [-0.39, 0.29) is 12.5 Å². The Morgan fingerprint density at radius 3 is 2.95 bits per heavy atom. The van der Waals surface area contributed by atoms with Crippen LogP contribution >= 0.6 is 0 Å². The molecule has 1 aromatic heterocycles. The highest BCUT2D eigenvalue weighted by Crippen LogP contribution is 2.21. The lowest BCUT2D eigenvalue weighted by atomic mass is 10.2. The largest absolute Gasteiger partial charge is 0.494 e. The molecule has 19 heavy (non-hydrogen) atoms. The Morgan fingerprint density at radius 2 is 2.26 bits per heavy atom. The molecule has 0 aliphatic carbocycles. The van der Waals surface area contributed by atoms with Gasteiger partial charge < -0.3 is 20.1 Å². The first-order valence-corrected chi connectivity index (χ1v) is 6.32. The van der Waals surface area contributed by atoms with Crippen LogP contribution in [0.4, 0.5) is 0 Å². The van der Waals surface area contributed by atoms with Crippen molar-refractivity contribution in [2.45, 2.75) is 20.0 Å². The van der Waals surface area contributed by atoms with Crippen LogP contribution in [0.1, 0.15) is 24.3 Å². The fourth-order valence-corrected chi connectivity index (χ4v) is 1.82. The quantitative estimate of drug-likeness (QED) is 0.767. The monoisotopic (exact) mass is 262 g/mol. The predicted octanol–water partition coefficient (Wildman–Crippen LogP) is 1.68. The summed E-state index contributed by atoms with van der Waals surface area (Å²) in [5.41, 5.74) is 1.33. The van der Waals surface area contributed by atoms with Gasteiger partial charge in [-0.15, -0.1) is 0 Å². The average molecular weight is 262 g/mol. The van der Waals surface area contributed by atoms with E-state index in [1.807, 2.05) is 25.1 Å². The first-order valence-electron chi connectivity index (χ1n) is 6.32. The molecule has 2 aromatic rings. The summed E-state index contributed by atoms with van der Waals surface area (Å²) in [7, 11) is 0. The van der Waals surface area contributed by atoms with Gasteiger partial charge in [-0.3, -0.25) is 4.79 Å². The number of carbonyl (C=O) groups excluding carboxylic acids is 1. The SMILES string of the molecule is CCOc1ccc2cc(C(=O)NCC(C)O)[nH]c2c1. The number of aliphatic hydroxyl groups excluding tert-OH is 1. The smallest absolute Gasteiger partial charge is 0.267 e. The number of H-pyrrole nitrogens is 1. The van der Waals surface area contributed by atoms with Gasteiger partial charge in [-0.05, 0) is 32.0 Å². The van der Waals surface area contributed by atoms with E-state index in [1.54, 1.807) is 13.0 Å². The maximum Gasteiger partial charge on any atom is 0.267 e. The lowest BCUT2D eigenvalue weighted by Gasteiger charge is -2.05. The van der Waals surface area contributed by atoms with Crippen molar-refractivity contribution in [2.75, 3.05) is 13.2 Å². The molecule has 5 nitrogen and oxygen atoms in total. The second-order valence-corrected chi connectivity index (χ2v) is 4.42. The third kappa shape index (κ3) is 3.26. The summed E-state index contributed by atoms with van der Waals surface area (Å²) >= 11 is 0. The van der Waals surface area contributed by atoms with Crippen molar-refractivity contribution in [3.8, 4) is 5.75 Å². The maximum absolute atomic E-state index is 11.8. The Bertz CT molecular complexity index is 575. The van der Waals surface area contributed by atoms with Crippen LogP contribution < -0.4 is 10.1 Å². The zero-order chi connectivity index (χ0) is 13.8. The van der Waals surface area contributed by atoms with E-state index in [1.165, 1.54) is 0 Å². The van der Waals surface area contributed by atoms with E-state index in [0.29, 0.717) is 12.3 Å². The predicted molar refractivity (Wildman–Crippen MR) is 73.5 cm³/mol. The van der Waals surface area contributed by atoms with Crippen molar-refractivity contribution in [2.24, 2.45) is 0 Å². The Labute approximate surface area is 111 Å². The van der Waals surface area contributed by atoms with Crippen molar-refractivity contribution < 1.29 is 14.6 Å². The number of hydrogen-bond donors (Lipinski definition) is 3. The molecule has 0 saturated carbocycles. The summed E-state index contributed by atoms with van der Waals surface area (Å²) in [4.78, 5) is 14.9. The van der Waals surface area contributed by atoms with Gasteiger partial charge in [-0.1, -0.05) is 0 Å². The van der Waals surface area contributed by atoms with Crippen molar-refractivity contribution in [3.63, 3.8) is 0 Å². The van der Waals surface area contributed by atoms with Gasteiger partial charge in [0, 0.05) is 23.5 Å². The minimum absolute atomic E-state index is 0.227. The average Bonchev–Trinajstić information content (AvgIpc) is 2.79. The first-order chi connectivity index (χ1) is 9.10. The lowest BCUT2D eigenvalue weighted by Crippen LogP contribution is -2.30. The van der Waals surface area contributed by atoms with E-state index < -0.39 is 6.10 Å². The fraction of sp³-hybridized carbons (Fsp3) is 0.357. The van der Waals surface area contributed by atoms with Crippen molar-refractivity contribution in [1.82, 2.24) is 10.3 Å². The molecule has 0 fully saturated rings. The summed E-state index contributed by atoms with van der Waals surface area (Å²) in [5, 5.41) is 12.7. The Balaban J connectivity index is 2.18. The van der Waals surface area contributed by atoms with Crippen molar-refractivity contribution in [1.29, 1.82) is 0 Å². The van der Waals surface area contributed by atoms with E-state index in [9.17, 15) is 4.79 Å². The molecular weight excluding hydrogens is 244 g/mol. The third-order valence-corrected chi connectivity index (χ3v) is 2.71. The summed E-state index contributed by atoms with van der Waals surface area (Å²) in [6.45, 7) is 4.39. The van der Waals surface area contributed by atoms with Gasteiger partial charge in [-0.25, -0.2) is 0 Å². The Hall–Kier alpha value is -2.01. The highest BCUT2D eigenvalue weighted by atomic mass is 16.5. The van der Waals surface area contributed by atoms with E-state index in [0.717, 1.165) is 16.7 Å². The number of amides is 1. The van der Waals surface area contributed by atoms with Crippen LogP contribution in [0.5, 0.6) is 5.75 Å². The molecule has 1 unspecified atom stereocenters. The first kappa shape index (κ1) is 13.4. The number of hydrogen-bond acceptors (Lipinski definition) is 3. The maximum atomic E-state index is 11.8. The van der Waals surface area contributed by atoms with Gasteiger partial charge in [0.15, 0.2) is 0 Å². The van der Waals surface area contributed by atoms with Crippen LogP contribution in [0.15, 0.2) is 24.3 Å². The number of fused-ring (bicyclic) bond motifs is 1. The van der Waals surface area contributed by atoms with Gasteiger partial charge in [0.25, 0.3) is 5.91 Å². The number of ether oxygens (including phenoxy) is 1. The van der Waals surface area contributed by atoms with Crippen LogP contribution in [-0.4, -0.2) is 35.3 Å². The minimum atomic E-state index is -0.558. The van der Waals surface area contributed by atoms with Crippen LogP contribution in [0.2, 0.25) is 0 Å². The zero-order valence-corrected chi connectivity index (χ0v) is 11.1. The van der Waals surface area contributed by atoms with Gasteiger partial charge in [0.05, 0.1) is 12.7 Å². The Morgan fingerprint density at radius 1 is 1.47 bits per heavy atom. The highest BCUT2D eigenvalue weighted by Gasteiger charge is 2.10. The normalized spacial score (nSPS) is 12.4. The molecular formula is C14H18N2O3. The number of rotatable bonds is 5. The lowest BCUT2D eigenvalue weighted by molar-refractivity contribution is 0.0920. The standard InChI is InChI=1S/C14H18N2O3/c1-3-19-11-5-4-10-6-13(16-12(10)7-11)14(18)15-8-9(2)17/h4-7,9,16-17H,3,8H2,1-2H3,(H,15,18). The number of aromatic nitrogens is 1. The highest BCUT2D eigenvalue weighted by molar-refractivity contribution is 5.98. The third-order valence-electron chi connectivity index (χ3n) is 2.71. The molecule has 5 heteroatoms. The van der Waals surface area contributed by atoms with E-state index >= 15 is 0 Å². The topological polar surface area (TPSA) is 74.3 Å². The summed E-state index contributed by atoms with van der Waals surface area (Å²) in [6, 6.07) is 7.42. The van der Waals surface area contributed by atoms with Crippen molar-refractivity contribution >= 4 is 16.8 Å². The molecule has 0 aliphatic heterocycles. The summed E-state index contributed by atoms with van der Waals surface area (Å²) in [5.74, 6) is 0.544. The fourth-order valence-electron chi connectivity index (χ4n) is 1.82.